The van der Waals surface area contributed by atoms with Crippen LogP contribution in [0.4, 0.5) is 10.5 Å². The zero-order valence-corrected chi connectivity index (χ0v) is 9.91. The maximum atomic E-state index is 11.4. The van der Waals surface area contributed by atoms with E-state index in [-0.39, 0.29) is 0 Å². The number of amides is 1. The first-order chi connectivity index (χ1) is 8.27. The molecule has 1 aliphatic carbocycles. The van der Waals surface area contributed by atoms with E-state index in [0.29, 0.717) is 6.54 Å². The molecule has 1 N–H and O–H groups in total. The first-order valence-electron chi connectivity index (χ1n) is 6.41. The van der Waals surface area contributed by atoms with Gasteiger partial charge in [0.15, 0.2) is 0 Å². The van der Waals surface area contributed by atoms with Crippen molar-refractivity contribution < 1.29 is 9.90 Å². The quantitative estimate of drug-likeness (QED) is 0.745. The molecule has 0 saturated heterocycles. The molecule has 3 heteroatoms. The van der Waals surface area contributed by atoms with E-state index < -0.39 is 6.09 Å². The van der Waals surface area contributed by atoms with Gasteiger partial charge in [0.25, 0.3) is 0 Å². The summed E-state index contributed by atoms with van der Waals surface area (Å²) in [6.07, 6.45) is 5.60. The van der Waals surface area contributed by atoms with Crippen molar-refractivity contribution in [2.45, 2.75) is 38.5 Å². The van der Waals surface area contributed by atoms with Crippen molar-refractivity contribution in [3.8, 4) is 0 Å². The Morgan fingerprint density at radius 3 is 2.65 bits per heavy atom. The Bertz CT molecular complexity index is 468. The standard InChI is InChI=1S/C14H17NO2/c16-14(17)15-9-2-1-4-11-8-7-10-5-3-6-12(10)13(11)15/h7-8H,1-6,9H2,(H,16,17). The molecule has 0 bridgehead atoms. The number of anilines is 1. The van der Waals surface area contributed by atoms with Crippen LogP contribution in [-0.4, -0.2) is 17.7 Å². The molecule has 17 heavy (non-hydrogen) atoms. The van der Waals surface area contributed by atoms with Gasteiger partial charge in [-0.1, -0.05) is 12.1 Å². The van der Waals surface area contributed by atoms with E-state index in [9.17, 15) is 9.90 Å². The van der Waals surface area contributed by atoms with Gasteiger partial charge in [0.1, 0.15) is 0 Å². The average Bonchev–Trinajstić information content (AvgIpc) is 2.67. The Hall–Kier alpha value is -1.51. The maximum Gasteiger partial charge on any atom is 0.411 e. The van der Waals surface area contributed by atoms with Crippen LogP contribution >= 0.6 is 0 Å². The Labute approximate surface area is 101 Å². The fourth-order valence-electron chi connectivity index (χ4n) is 3.12. The maximum absolute atomic E-state index is 11.4. The van der Waals surface area contributed by atoms with Crippen LogP contribution in [0.1, 0.15) is 36.0 Å². The van der Waals surface area contributed by atoms with Gasteiger partial charge in [-0.15, -0.1) is 0 Å². The van der Waals surface area contributed by atoms with Crippen LogP contribution in [0.3, 0.4) is 0 Å². The number of benzene rings is 1. The van der Waals surface area contributed by atoms with Crippen molar-refractivity contribution in [3.05, 3.63) is 28.8 Å². The summed E-state index contributed by atoms with van der Waals surface area (Å²) < 4.78 is 0. The zero-order chi connectivity index (χ0) is 11.8. The molecule has 2 aliphatic rings. The Morgan fingerprint density at radius 2 is 1.82 bits per heavy atom. The van der Waals surface area contributed by atoms with Crippen molar-refractivity contribution in [1.29, 1.82) is 0 Å². The molecule has 1 amide bonds. The topological polar surface area (TPSA) is 40.5 Å². The summed E-state index contributed by atoms with van der Waals surface area (Å²) in [6.45, 7) is 0.652. The van der Waals surface area contributed by atoms with E-state index in [4.69, 9.17) is 0 Å². The molecule has 0 atom stereocenters. The molecule has 0 radical (unpaired) electrons. The van der Waals surface area contributed by atoms with Crippen molar-refractivity contribution >= 4 is 11.8 Å². The highest BCUT2D eigenvalue weighted by Gasteiger charge is 2.26. The van der Waals surface area contributed by atoms with Crippen molar-refractivity contribution in [2.24, 2.45) is 0 Å². The number of hydrogen-bond donors (Lipinski definition) is 1. The molecule has 1 aromatic carbocycles. The second kappa shape index (κ2) is 4.06. The molecule has 0 spiro atoms. The molecule has 0 saturated carbocycles. The Morgan fingerprint density at radius 1 is 1.06 bits per heavy atom. The molecular formula is C14H17NO2. The third kappa shape index (κ3) is 1.70. The SMILES string of the molecule is O=C(O)N1CCCCc2ccc3c(c21)CCC3. The average molecular weight is 231 g/mol. The lowest BCUT2D eigenvalue weighted by Crippen LogP contribution is -2.31. The molecule has 0 unspecified atom stereocenters. The Kier molecular flexibility index (Phi) is 2.54. The summed E-state index contributed by atoms with van der Waals surface area (Å²) in [6, 6.07) is 4.34. The second-order valence-electron chi connectivity index (χ2n) is 4.96. The van der Waals surface area contributed by atoms with Crippen LogP contribution in [0, 0.1) is 0 Å². The van der Waals surface area contributed by atoms with Gasteiger partial charge in [0, 0.05) is 6.54 Å². The zero-order valence-electron chi connectivity index (χ0n) is 9.91. The van der Waals surface area contributed by atoms with Crippen LogP contribution in [-0.2, 0) is 19.3 Å². The second-order valence-corrected chi connectivity index (χ2v) is 4.96. The summed E-state index contributed by atoms with van der Waals surface area (Å²) in [5.41, 5.74) is 4.90. The smallest absolute Gasteiger partial charge is 0.411 e. The summed E-state index contributed by atoms with van der Waals surface area (Å²) in [5.74, 6) is 0. The predicted octanol–water partition coefficient (Wildman–Crippen LogP) is 3.00. The van der Waals surface area contributed by atoms with Crippen LogP contribution in [0.15, 0.2) is 12.1 Å². The van der Waals surface area contributed by atoms with Crippen molar-refractivity contribution in [2.75, 3.05) is 11.4 Å². The van der Waals surface area contributed by atoms with E-state index in [1.165, 1.54) is 23.1 Å². The first kappa shape index (κ1) is 10.6. The number of carbonyl (C=O) groups is 1. The summed E-state index contributed by atoms with van der Waals surface area (Å²) in [5, 5.41) is 9.37. The highest BCUT2D eigenvalue weighted by atomic mass is 16.4. The molecule has 3 rings (SSSR count). The third-order valence-corrected chi connectivity index (χ3v) is 3.91. The first-order valence-corrected chi connectivity index (χ1v) is 6.41. The molecule has 3 nitrogen and oxygen atoms in total. The van der Waals surface area contributed by atoms with E-state index >= 15 is 0 Å². The van der Waals surface area contributed by atoms with Gasteiger partial charge < -0.3 is 5.11 Å². The van der Waals surface area contributed by atoms with Gasteiger partial charge >= 0.3 is 6.09 Å². The molecule has 1 aromatic rings. The highest BCUT2D eigenvalue weighted by molar-refractivity contribution is 5.89. The van der Waals surface area contributed by atoms with E-state index in [2.05, 4.69) is 12.1 Å². The summed E-state index contributed by atoms with van der Waals surface area (Å²) in [7, 11) is 0. The largest absolute Gasteiger partial charge is 0.465 e. The minimum Gasteiger partial charge on any atom is -0.465 e. The lowest BCUT2D eigenvalue weighted by Gasteiger charge is -2.22. The van der Waals surface area contributed by atoms with Gasteiger partial charge in [0.05, 0.1) is 5.69 Å². The molecule has 90 valence electrons. The van der Waals surface area contributed by atoms with Gasteiger partial charge in [-0.2, -0.15) is 0 Å². The Balaban J connectivity index is 2.16. The van der Waals surface area contributed by atoms with Crippen LogP contribution in [0.5, 0.6) is 0 Å². The predicted molar refractivity (Wildman–Crippen MR) is 66.8 cm³/mol. The van der Waals surface area contributed by atoms with Gasteiger partial charge in [-0.05, 0) is 55.2 Å². The fourth-order valence-corrected chi connectivity index (χ4v) is 3.12. The van der Waals surface area contributed by atoms with Gasteiger partial charge in [-0.25, -0.2) is 4.79 Å². The summed E-state index contributed by atoms with van der Waals surface area (Å²) in [4.78, 5) is 13.0. The molecule has 1 heterocycles. The number of aryl methyl sites for hydroxylation is 2. The molecular weight excluding hydrogens is 214 g/mol. The number of fused-ring (bicyclic) bond motifs is 3. The van der Waals surface area contributed by atoms with Gasteiger partial charge in [0.2, 0.25) is 0 Å². The third-order valence-electron chi connectivity index (χ3n) is 3.91. The molecule has 0 aromatic heterocycles. The minimum absolute atomic E-state index is 0.652. The monoisotopic (exact) mass is 231 g/mol. The summed E-state index contributed by atoms with van der Waals surface area (Å²) >= 11 is 0. The normalized spacial score (nSPS) is 18.5. The number of rotatable bonds is 0. The number of carboxylic acid groups (broad SMARTS) is 1. The molecule has 1 aliphatic heterocycles. The lowest BCUT2D eigenvalue weighted by atomic mass is 10.00. The van der Waals surface area contributed by atoms with Crippen molar-refractivity contribution in [1.82, 2.24) is 0 Å². The minimum atomic E-state index is -0.798. The highest BCUT2D eigenvalue weighted by Crippen LogP contribution is 2.37. The van der Waals surface area contributed by atoms with Crippen LogP contribution < -0.4 is 4.90 Å². The van der Waals surface area contributed by atoms with E-state index in [0.717, 1.165) is 37.8 Å². The number of hydrogen-bond acceptors (Lipinski definition) is 1. The lowest BCUT2D eigenvalue weighted by molar-refractivity contribution is 0.201. The molecule has 0 fully saturated rings. The van der Waals surface area contributed by atoms with Crippen LogP contribution in [0.25, 0.3) is 0 Å². The number of nitrogens with zero attached hydrogens (tertiary/aromatic N) is 1. The van der Waals surface area contributed by atoms with E-state index in [1.54, 1.807) is 4.90 Å². The fraction of sp³-hybridized carbons (Fsp3) is 0.500. The van der Waals surface area contributed by atoms with Gasteiger partial charge in [-0.3, -0.25) is 4.90 Å². The van der Waals surface area contributed by atoms with Crippen LogP contribution in [0.2, 0.25) is 0 Å². The van der Waals surface area contributed by atoms with E-state index in [1.807, 2.05) is 0 Å². The van der Waals surface area contributed by atoms with Crippen molar-refractivity contribution in [3.63, 3.8) is 0 Å².